The summed E-state index contributed by atoms with van der Waals surface area (Å²) >= 11 is 4.61. The highest BCUT2D eigenvalue weighted by Gasteiger charge is 2.28. The van der Waals surface area contributed by atoms with Crippen LogP contribution < -0.4 is 20.1 Å². The molecule has 2 aromatic rings. The zero-order valence-electron chi connectivity index (χ0n) is 13.9. The van der Waals surface area contributed by atoms with E-state index in [0.29, 0.717) is 5.56 Å². The zero-order valence-corrected chi connectivity index (χ0v) is 15.5. The quantitative estimate of drug-likeness (QED) is 0.228. The Morgan fingerprint density at radius 2 is 2.00 bits per heavy atom. The van der Waals surface area contributed by atoms with Gasteiger partial charge in [0.05, 0.1) is 18.2 Å². The molecule has 2 aromatic carbocycles. The first kappa shape index (κ1) is 20.1. The molecule has 0 unspecified atom stereocenters. The van der Waals surface area contributed by atoms with Gasteiger partial charge in [0.1, 0.15) is 0 Å². The highest BCUT2D eigenvalue weighted by molar-refractivity contribution is 7.87. The number of benzene rings is 2. The van der Waals surface area contributed by atoms with Crippen LogP contribution >= 0.6 is 12.2 Å². The molecule has 0 atom stereocenters. The van der Waals surface area contributed by atoms with Crippen LogP contribution in [0.2, 0.25) is 0 Å². The molecule has 0 radical (unpaired) electrons. The fraction of sp³-hybridized carbons (Fsp3) is 0.0667. The molecule has 0 saturated carbocycles. The third-order valence-electron chi connectivity index (χ3n) is 3.11. The minimum Gasteiger partial charge on any atom is -0.493 e. The number of nitro benzene ring substituents is 1. The molecular formula is C15H14N4O6S2. The third-order valence-corrected chi connectivity index (χ3v) is 4.48. The van der Waals surface area contributed by atoms with Crippen molar-refractivity contribution in [3.05, 3.63) is 58.1 Å². The van der Waals surface area contributed by atoms with Crippen LogP contribution in [0.1, 0.15) is 5.56 Å². The maximum Gasteiger partial charge on any atom is 0.346 e. The number of thiocarbonyl (C=S) groups is 1. The summed E-state index contributed by atoms with van der Waals surface area (Å²) in [6, 6.07) is 9.14. The van der Waals surface area contributed by atoms with Gasteiger partial charge in [-0.05, 0) is 42.0 Å². The van der Waals surface area contributed by atoms with Gasteiger partial charge in [0.2, 0.25) is 0 Å². The Kier molecular flexibility index (Phi) is 6.26. The predicted octanol–water partition coefficient (Wildman–Crippen LogP) is 1.54. The summed E-state index contributed by atoms with van der Waals surface area (Å²) in [4.78, 5) is 9.69. The number of hydrogen-bond donors (Lipinski definition) is 2. The van der Waals surface area contributed by atoms with Crippen LogP contribution in [0.3, 0.4) is 0 Å². The van der Waals surface area contributed by atoms with Gasteiger partial charge in [-0.3, -0.25) is 15.5 Å². The monoisotopic (exact) mass is 410 g/mol. The van der Waals surface area contributed by atoms with Crippen LogP contribution in [0.4, 0.5) is 5.69 Å². The van der Waals surface area contributed by atoms with E-state index in [2.05, 4.69) is 22.7 Å². The van der Waals surface area contributed by atoms with E-state index in [1.54, 1.807) is 0 Å². The smallest absolute Gasteiger partial charge is 0.346 e. The van der Waals surface area contributed by atoms with Gasteiger partial charge in [0.15, 0.2) is 21.5 Å². The molecule has 12 heteroatoms. The first-order valence-corrected chi connectivity index (χ1v) is 9.00. The number of para-hydroxylation sites is 1. The molecular weight excluding hydrogens is 396 g/mol. The zero-order chi connectivity index (χ0) is 20.0. The van der Waals surface area contributed by atoms with Crippen molar-refractivity contribution in [1.29, 1.82) is 0 Å². The number of hydrogen-bond acceptors (Lipinski definition) is 8. The molecule has 27 heavy (non-hydrogen) atoms. The first-order valence-electron chi connectivity index (χ1n) is 7.19. The van der Waals surface area contributed by atoms with E-state index < -0.39 is 25.6 Å². The Hall–Kier alpha value is -3.25. The SMILES string of the molecule is COc1cc(/C=N\NC(N)=S)ccc1OS(=O)(=O)c1ccccc1[N+](=O)[O-]. The Bertz CT molecular complexity index is 1010. The van der Waals surface area contributed by atoms with Crippen LogP contribution in [0, 0.1) is 10.1 Å². The number of hydrazone groups is 1. The molecule has 0 bridgehead atoms. The molecule has 0 saturated heterocycles. The Balaban J connectivity index is 2.35. The van der Waals surface area contributed by atoms with Crippen molar-refractivity contribution >= 4 is 39.4 Å². The van der Waals surface area contributed by atoms with Crippen LogP contribution in [-0.2, 0) is 10.1 Å². The third kappa shape index (κ3) is 5.12. The van der Waals surface area contributed by atoms with Crippen molar-refractivity contribution in [1.82, 2.24) is 5.43 Å². The van der Waals surface area contributed by atoms with Crippen molar-refractivity contribution in [2.24, 2.45) is 10.8 Å². The van der Waals surface area contributed by atoms with Gasteiger partial charge in [0.25, 0.3) is 5.69 Å². The number of nitrogens with zero attached hydrogens (tertiary/aromatic N) is 2. The lowest BCUT2D eigenvalue weighted by Gasteiger charge is -2.11. The molecule has 0 aliphatic heterocycles. The fourth-order valence-corrected chi connectivity index (χ4v) is 3.15. The summed E-state index contributed by atoms with van der Waals surface area (Å²) in [6.07, 6.45) is 1.38. The van der Waals surface area contributed by atoms with Gasteiger partial charge in [-0.15, -0.1) is 0 Å². The molecule has 142 valence electrons. The Morgan fingerprint density at radius 1 is 1.30 bits per heavy atom. The number of methoxy groups -OCH3 is 1. The minimum atomic E-state index is -4.46. The fourth-order valence-electron chi connectivity index (χ4n) is 1.99. The van der Waals surface area contributed by atoms with E-state index in [9.17, 15) is 18.5 Å². The van der Waals surface area contributed by atoms with Crippen LogP contribution in [0.25, 0.3) is 0 Å². The highest BCUT2D eigenvalue weighted by Crippen LogP contribution is 2.32. The number of ether oxygens (including phenoxy) is 1. The van der Waals surface area contributed by atoms with Gasteiger partial charge in [-0.25, -0.2) is 0 Å². The van der Waals surface area contributed by atoms with E-state index >= 15 is 0 Å². The van der Waals surface area contributed by atoms with Gasteiger partial charge >= 0.3 is 10.1 Å². The molecule has 0 aromatic heterocycles. The topological polar surface area (TPSA) is 146 Å². The number of nitrogens with two attached hydrogens (primary N) is 1. The Morgan fingerprint density at radius 3 is 2.63 bits per heavy atom. The van der Waals surface area contributed by atoms with E-state index in [1.165, 1.54) is 43.7 Å². The summed E-state index contributed by atoms with van der Waals surface area (Å²) < 4.78 is 35.1. The summed E-state index contributed by atoms with van der Waals surface area (Å²) in [5.74, 6) is -0.0634. The van der Waals surface area contributed by atoms with E-state index in [4.69, 9.17) is 14.7 Å². The summed E-state index contributed by atoms with van der Waals surface area (Å²) in [5.41, 5.74) is 7.55. The lowest BCUT2D eigenvalue weighted by Crippen LogP contribution is -2.23. The maximum absolute atomic E-state index is 12.5. The van der Waals surface area contributed by atoms with Crippen LogP contribution in [-0.4, -0.2) is 31.8 Å². The van der Waals surface area contributed by atoms with Crippen molar-refractivity contribution in [3.8, 4) is 11.5 Å². The largest absolute Gasteiger partial charge is 0.493 e. The second-order valence-corrected chi connectivity index (χ2v) is 6.86. The second-order valence-electron chi connectivity index (χ2n) is 4.91. The minimum absolute atomic E-state index is 0.0197. The molecule has 0 spiro atoms. The standard InChI is InChI=1S/C15H14N4O6S2/c1-24-13-8-10(9-17-18-15(16)26)6-7-12(13)25-27(22,23)14-5-3-2-4-11(14)19(20)21/h2-9H,1H3,(H3,16,18,26)/b17-9-. The molecule has 3 N–H and O–H groups in total. The average molecular weight is 410 g/mol. The summed E-state index contributed by atoms with van der Waals surface area (Å²) in [6.45, 7) is 0. The average Bonchev–Trinajstić information content (AvgIpc) is 2.62. The highest BCUT2D eigenvalue weighted by atomic mass is 32.2. The molecule has 10 nitrogen and oxygen atoms in total. The second kappa shape index (κ2) is 8.42. The maximum atomic E-state index is 12.5. The van der Waals surface area contributed by atoms with Crippen molar-refractivity contribution < 1.29 is 22.3 Å². The molecule has 0 aliphatic rings. The molecule has 0 aliphatic carbocycles. The predicted molar refractivity (Wildman–Crippen MR) is 101 cm³/mol. The number of nitro groups is 1. The number of nitrogens with one attached hydrogen (secondary N) is 1. The molecule has 0 fully saturated rings. The normalized spacial score (nSPS) is 11.1. The molecule has 2 rings (SSSR count). The lowest BCUT2D eigenvalue weighted by atomic mass is 10.2. The van der Waals surface area contributed by atoms with Gasteiger partial charge in [-0.2, -0.15) is 13.5 Å². The van der Waals surface area contributed by atoms with Crippen molar-refractivity contribution in [3.63, 3.8) is 0 Å². The Labute approximate surface area is 159 Å². The van der Waals surface area contributed by atoms with Crippen LogP contribution in [0.15, 0.2) is 52.5 Å². The van der Waals surface area contributed by atoms with Crippen LogP contribution in [0.5, 0.6) is 11.5 Å². The van der Waals surface area contributed by atoms with E-state index in [-0.39, 0.29) is 16.6 Å². The lowest BCUT2D eigenvalue weighted by molar-refractivity contribution is -0.387. The van der Waals surface area contributed by atoms with E-state index in [0.717, 1.165) is 12.1 Å². The summed E-state index contributed by atoms with van der Waals surface area (Å²) in [7, 11) is -3.15. The van der Waals surface area contributed by atoms with Gasteiger partial charge < -0.3 is 14.7 Å². The van der Waals surface area contributed by atoms with Gasteiger partial charge in [0, 0.05) is 6.07 Å². The first-order chi connectivity index (χ1) is 12.7. The number of rotatable bonds is 7. The van der Waals surface area contributed by atoms with E-state index in [1.807, 2.05) is 0 Å². The van der Waals surface area contributed by atoms with Gasteiger partial charge in [-0.1, -0.05) is 12.1 Å². The summed E-state index contributed by atoms with van der Waals surface area (Å²) in [5, 5.41) is 14.8. The van der Waals surface area contributed by atoms with Crippen molar-refractivity contribution in [2.45, 2.75) is 4.90 Å². The molecule has 0 heterocycles. The van der Waals surface area contributed by atoms with Crippen molar-refractivity contribution in [2.75, 3.05) is 7.11 Å². The molecule has 0 amide bonds.